The number of fused-ring (bicyclic) bond motifs is 1. The third-order valence-electron chi connectivity index (χ3n) is 2.40. The van der Waals surface area contributed by atoms with Gasteiger partial charge in [0.2, 0.25) is 0 Å². The molecule has 1 amide bonds. The van der Waals surface area contributed by atoms with Crippen LogP contribution in [-0.4, -0.2) is 34.2 Å². The molecule has 2 rings (SSSR count). The summed E-state index contributed by atoms with van der Waals surface area (Å²) in [4.78, 5) is 18.0. The van der Waals surface area contributed by atoms with Gasteiger partial charge in [0.25, 0.3) is 5.91 Å². The smallest absolute Gasteiger partial charge is 0.260 e. The van der Waals surface area contributed by atoms with Crippen LogP contribution in [0, 0.1) is 5.92 Å². The third kappa shape index (κ3) is 3.57. The lowest BCUT2D eigenvalue weighted by molar-refractivity contribution is -0.126. The molecule has 19 heavy (non-hydrogen) atoms. The maximum atomic E-state index is 11.5. The van der Waals surface area contributed by atoms with E-state index in [9.17, 15) is 4.79 Å². The Balaban J connectivity index is 1.98. The summed E-state index contributed by atoms with van der Waals surface area (Å²) < 4.78 is 0. The van der Waals surface area contributed by atoms with E-state index in [-0.39, 0.29) is 12.5 Å². The molecule has 0 bridgehead atoms. The zero-order chi connectivity index (χ0) is 13.8. The zero-order valence-corrected chi connectivity index (χ0v) is 11.5. The molecule has 0 spiro atoms. The molecule has 0 radical (unpaired) electrons. The van der Waals surface area contributed by atoms with Gasteiger partial charge < -0.3 is 10.2 Å². The second-order valence-corrected chi connectivity index (χ2v) is 5.00. The summed E-state index contributed by atoms with van der Waals surface area (Å²) in [7, 11) is 0. The van der Waals surface area contributed by atoms with Crippen LogP contribution in [0.2, 0.25) is 5.02 Å². The molecule has 0 atom stereocenters. The molecule has 0 aliphatic heterocycles. The number of nitrogens with zero attached hydrogens (tertiary/aromatic N) is 3. The average molecular weight is 283 g/mol. The van der Waals surface area contributed by atoms with Crippen molar-refractivity contribution in [3.63, 3.8) is 0 Å². The van der Waals surface area contributed by atoms with E-state index in [1.807, 2.05) is 13.8 Å². The Morgan fingerprint density at radius 2 is 2.32 bits per heavy atom. The van der Waals surface area contributed by atoms with Crippen LogP contribution in [0.25, 0.3) is 11.0 Å². The molecule has 1 N–H and O–H groups in total. The number of halogens is 1. The molecule has 1 aromatic heterocycles. The SMILES string of the molecule is CC(C)CNC(=O)COn1nnc2ccc(Cl)cc21. The van der Waals surface area contributed by atoms with Gasteiger partial charge in [-0.05, 0) is 29.3 Å². The van der Waals surface area contributed by atoms with Crippen molar-refractivity contribution < 1.29 is 9.63 Å². The molecule has 0 aliphatic rings. The molecular formula is C12H15ClN4O2. The average Bonchev–Trinajstić information content (AvgIpc) is 2.76. The fourth-order valence-electron chi connectivity index (χ4n) is 1.46. The fourth-order valence-corrected chi connectivity index (χ4v) is 1.62. The Morgan fingerprint density at radius 3 is 3.05 bits per heavy atom. The van der Waals surface area contributed by atoms with Gasteiger partial charge in [0.1, 0.15) is 11.0 Å². The van der Waals surface area contributed by atoms with Crippen molar-refractivity contribution in [1.82, 2.24) is 20.5 Å². The standard InChI is InChI=1S/C12H15ClN4O2/c1-8(2)6-14-12(18)7-19-17-11-5-9(13)3-4-10(11)15-16-17/h3-5,8H,6-7H2,1-2H3,(H,14,18). The van der Waals surface area contributed by atoms with E-state index in [4.69, 9.17) is 16.4 Å². The van der Waals surface area contributed by atoms with E-state index in [1.165, 1.54) is 4.85 Å². The summed E-state index contributed by atoms with van der Waals surface area (Å²) in [5, 5.41) is 11.0. The minimum Gasteiger partial charge on any atom is -0.385 e. The summed E-state index contributed by atoms with van der Waals surface area (Å²) in [5.41, 5.74) is 1.29. The third-order valence-corrected chi connectivity index (χ3v) is 2.64. The molecule has 0 saturated carbocycles. The highest BCUT2D eigenvalue weighted by Gasteiger charge is 2.08. The van der Waals surface area contributed by atoms with E-state index < -0.39 is 0 Å². The highest BCUT2D eigenvalue weighted by Crippen LogP contribution is 2.16. The topological polar surface area (TPSA) is 69.0 Å². The van der Waals surface area contributed by atoms with Gasteiger partial charge in [-0.15, -0.1) is 5.10 Å². The molecule has 1 heterocycles. The summed E-state index contributed by atoms with van der Waals surface area (Å²) in [6.07, 6.45) is 0. The van der Waals surface area contributed by atoms with Crippen molar-refractivity contribution in [2.24, 2.45) is 5.92 Å². The second-order valence-electron chi connectivity index (χ2n) is 4.57. The fraction of sp³-hybridized carbons (Fsp3) is 0.417. The number of amides is 1. The maximum Gasteiger partial charge on any atom is 0.260 e. The van der Waals surface area contributed by atoms with Crippen LogP contribution in [0.5, 0.6) is 0 Å². The number of benzene rings is 1. The number of nitrogens with one attached hydrogen (secondary N) is 1. The number of carbonyl (C=O) groups is 1. The highest BCUT2D eigenvalue weighted by atomic mass is 35.5. The number of hydrogen-bond donors (Lipinski definition) is 1. The Hall–Kier alpha value is -1.82. The van der Waals surface area contributed by atoms with E-state index in [0.717, 1.165) is 0 Å². The van der Waals surface area contributed by atoms with Gasteiger partial charge in [-0.3, -0.25) is 4.79 Å². The van der Waals surface area contributed by atoms with Gasteiger partial charge in [-0.2, -0.15) is 0 Å². The Kier molecular flexibility index (Phi) is 4.21. The molecule has 0 fully saturated rings. The minimum absolute atomic E-state index is 0.113. The molecule has 2 aromatic rings. The minimum atomic E-state index is -0.195. The van der Waals surface area contributed by atoms with Crippen LogP contribution >= 0.6 is 11.6 Å². The number of carbonyl (C=O) groups excluding carboxylic acids is 1. The molecule has 102 valence electrons. The molecular weight excluding hydrogens is 268 g/mol. The van der Waals surface area contributed by atoms with Crippen LogP contribution in [0.15, 0.2) is 18.2 Å². The first-order valence-electron chi connectivity index (χ1n) is 5.97. The molecule has 7 heteroatoms. The monoisotopic (exact) mass is 282 g/mol. The van der Waals surface area contributed by atoms with Crippen LogP contribution < -0.4 is 10.2 Å². The van der Waals surface area contributed by atoms with Crippen molar-refractivity contribution in [1.29, 1.82) is 0 Å². The van der Waals surface area contributed by atoms with Crippen LogP contribution in [0.3, 0.4) is 0 Å². The first-order chi connectivity index (χ1) is 9.06. The lowest BCUT2D eigenvalue weighted by atomic mass is 10.2. The molecule has 0 unspecified atom stereocenters. The van der Waals surface area contributed by atoms with Crippen molar-refractivity contribution in [2.75, 3.05) is 13.2 Å². The molecule has 0 aliphatic carbocycles. The number of hydrogen-bond acceptors (Lipinski definition) is 4. The first-order valence-corrected chi connectivity index (χ1v) is 6.35. The van der Waals surface area contributed by atoms with E-state index in [1.54, 1.807) is 18.2 Å². The van der Waals surface area contributed by atoms with Crippen molar-refractivity contribution >= 4 is 28.5 Å². The van der Waals surface area contributed by atoms with Gasteiger partial charge in [-0.25, -0.2) is 0 Å². The molecule has 6 nitrogen and oxygen atoms in total. The van der Waals surface area contributed by atoms with Gasteiger partial charge in [0.05, 0.1) is 0 Å². The molecule has 0 saturated heterocycles. The zero-order valence-electron chi connectivity index (χ0n) is 10.8. The lowest BCUT2D eigenvalue weighted by Gasteiger charge is -2.08. The van der Waals surface area contributed by atoms with Gasteiger partial charge in [-0.1, -0.05) is 30.3 Å². The van der Waals surface area contributed by atoms with Crippen molar-refractivity contribution in [2.45, 2.75) is 13.8 Å². The Bertz CT molecular complexity index is 582. The normalized spacial score (nSPS) is 10.9. The van der Waals surface area contributed by atoms with E-state index in [0.29, 0.717) is 28.5 Å². The number of aromatic nitrogens is 3. The second kappa shape index (κ2) is 5.88. The molecule has 1 aromatic carbocycles. The van der Waals surface area contributed by atoms with Crippen LogP contribution in [0.1, 0.15) is 13.8 Å². The maximum absolute atomic E-state index is 11.5. The summed E-state index contributed by atoms with van der Waals surface area (Å²) in [6, 6.07) is 5.14. The van der Waals surface area contributed by atoms with Crippen molar-refractivity contribution in [3.05, 3.63) is 23.2 Å². The predicted molar refractivity (Wildman–Crippen MR) is 71.8 cm³/mol. The Morgan fingerprint density at radius 1 is 1.53 bits per heavy atom. The van der Waals surface area contributed by atoms with Gasteiger partial charge in [0.15, 0.2) is 6.61 Å². The summed E-state index contributed by atoms with van der Waals surface area (Å²) >= 11 is 5.89. The predicted octanol–water partition coefficient (Wildman–Crippen LogP) is 1.29. The van der Waals surface area contributed by atoms with Crippen LogP contribution in [0.4, 0.5) is 0 Å². The van der Waals surface area contributed by atoms with Crippen molar-refractivity contribution in [3.8, 4) is 0 Å². The van der Waals surface area contributed by atoms with Gasteiger partial charge >= 0.3 is 0 Å². The lowest BCUT2D eigenvalue weighted by Crippen LogP contribution is -2.34. The first kappa shape index (κ1) is 13.6. The van der Waals surface area contributed by atoms with Gasteiger partial charge in [0, 0.05) is 11.6 Å². The quantitative estimate of drug-likeness (QED) is 0.897. The Labute approximate surface area is 115 Å². The van der Waals surface area contributed by atoms with E-state index in [2.05, 4.69) is 15.6 Å². The number of rotatable bonds is 5. The summed E-state index contributed by atoms with van der Waals surface area (Å²) in [6.45, 7) is 4.55. The highest BCUT2D eigenvalue weighted by molar-refractivity contribution is 6.31. The van der Waals surface area contributed by atoms with E-state index >= 15 is 0 Å². The van der Waals surface area contributed by atoms with Crippen LogP contribution in [-0.2, 0) is 4.79 Å². The summed E-state index contributed by atoms with van der Waals surface area (Å²) in [5.74, 6) is 0.203. The largest absolute Gasteiger partial charge is 0.385 e.